The number of phenols is 1. The average Bonchev–Trinajstić information content (AvgIpc) is 3.25. The number of anilines is 1. The van der Waals surface area contributed by atoms with Crippen LogP contribution in [-0.2, 0) is 19.2 Å². The van der Waals surface area contributed by atoms with Crippen LogP contribution in [0.1, 0.15) is 24.3 Å². The van der Waals surface area contributed by atoms with Gasteiger partial charge >= 0.3 is 7.12 Å². The molecule has 3 aliphatic carbocycles. The minimum absolute atomic E-state index is 0.00248. The fraction of sp³-hybridized carbons (Fsp3) is 0.188. The van der Waals surface area contributed by atoms with E-state index >= 15 is 0 Å². The lowest BCUT2D eigenvalue weighted by Gasteiger charge is -2.42. The highest BCUT2D eigenvalue weighted by molar-refractivity contribution is 9.12. The van der Waals surface area contributed by atoms with Crippen LogP contribution in [0.2, 0.25) is 0 Å². The Bertz CT molecular complexity index is 1860. The second-order valence-corrected chi connectivity index (χ2v) is 12.0. The Balaban J connectivity index is 1.38. The molecule has 2 amide bonds. The zero-order valence-corrected chi connectivity index (χ0v) is 23.6. The predicted octanol–water partition coefficient (Wildman–Crippen LogP) is 3.19. The quantitative estimate of drug-likeness (QED) is 0.177. The number of hydrogen-bond acceptors (Lipinski definition) is 7. The number of Topliss-reactive ketones (excluding diaryl/α,β-unsaturated/α-hetero) is 1. The number of carbonyl (C=O) groups is 4. The topological polar surface area (TPSA) is 132 Å². The fourth-order valence-corrected chi connectivity index (χ4v) is 7.59. The minimum atomic E-state index is -1.77. The molecule has 208 valence electrons. The highest BCUT2D eigenvalue weighted by Crippen LogP contribution is 2.57. The normalized spacial score (nSPS) is 25.3. The third kappa shape index (κ3) is 3.82. The van der Waals surface area contributed by atoms with E-state index in [1.54, 1.807) is 24.3 Å². The Morgan fingerprint density at radius 2 is 1.69 bits per heavy atom. The van der Waals surface area contributed by atoms with E-state index in [4.69, 9.17) is 0 Å². The van der Waals surface area contributed by atoms with Gasteiger partial charge in [0.1, 0.15) is 5.75 Å². The monoisotopic (exact) mass is 623 g/mol. The summed E-state index contributed by atoms with van der Waals surface area (Å²) in [5.74, 6) is -4.37. The molecule has 1 saturated heterocycles. The number of nitrogens with zero attached hydrogens (tertiary/aromatic N) is 1. The van der Waals surface area contributed by atoms with Crippen molar-refractivity contribution in [2.24, 2.45) is 17.8 Å². The summed E-state index contributed by atoms with van der Waals surface area (Å²) in [4.78, 5) is 55.8. The number of allylic oxidation sites excluding steroid dienone is 6. The molecule has 0 aromatic heterocycles. The number of rotatable bonds is 3. The molecule has 0 spiro atoms. The molecule has 3 aromatic carbocycles. The number of imide groups is 1. The lowest BCUT2D eigenvalue weighted by atomic mass is 9.59. The smallest absolute Gasteiger partial charge is 0.488 e. The van der Waals surface area contributed by atoms with E-state index in [0.717, 1.165) is 15.9 Å². The molecule has 0 radical (unpaired) electrons. The largest absolute Gasteiger partial charge is 0.507 e. The molecular weight excluding hydrogens is 601 g/mol. The van der Waals surface area contributed by atoms with Crippen molar-refractivity contribution in [3.05, 3.63) is 99.6 Å². The molecule has 1 heterocycles. The molecule has 3 N–H and O–H groups in total. The molecule has 1 fully saturated rings. The fourth-order valence-electron chi connectivity index (χ4n) is 7.15. The zero-order chi connectivity index (χ0) is 29.4. The maximum absolute atomic E-state index is 14.1. The highest BCUT2D eigenvalue weighted by Gasteiger charge is 2.57. The van der Waals surface area contributed by atoms with Gasteiger partial charge in [-0.25, -0.2) is 0 Å². The summed E-state index contributed by atoms with van der Waals surface area (Å²) >= 11 is 3.23. The molecule has 4 aliphatic rings. The first kappa shape index (κ1) is 26.8. The average molecular weight is 624 g/mol. The second kappa shape index (κ2) is 9.73. The van der Waals surface area contributed by atoms with Gasteiger partial charge in [-0.15, -0.1) is 0 Å². The Kier molecular flexibility index (Phi) is 6.20. The van der Waals surface area contributed by atoms with E-state index in [1.165, 1.54) is 18.2 Å². The first-order valence-electron chi connectivity index (χ1n) is 13.6. The maximum atomic E-state index is 14.1. The molecule has 42 heavy (non-hydrogen) atoms. The summed E-state index contributed by atoms with van der Waals surface area (Å²) in [7, 11) is -1.77. The first-order valence-corrected chi connectivity index (χ1v) is 14.4. The third-order valence-electron chi connectivity index (χ3n) is 9.00. The summed E-state index contributed by atoms with van der Waals surface area (Å²) in [5.41, 5.74) is 2.13. The molecule has 3 aromatic rings. The number of phenolic OH excluding ortho intramolecular Hbond substituents is 1. The third-order valence-corrected chi connectivity index (χ3v) is 9.59. The number of carbonyl (C=O) groups excluding carboxylic acids is 4. The summed E-state index contributed by atoms with van der Waals surface area (Å²) in [5, 5.41) is 32.2. The van der Waals surface area contributed by atoms with Gasteiger partial charge in [0.05, 0.1) is 22.0 Å². The van der Waals surface area contributed by atoms with Gasteiger partial charge in [-0.1, -0.05) is 60.2 Å². The lowest BCUT2D eigenvalue weighted by molar-refractivity contribution is -0.123. The van der Waals surface area contributed by atoms with Crippen LogP contribution in [0.15, 0.2) is 94.0 Å². The van der Waals surface area contributed by atoms with Crippen molar-refractivity contribution in [2.45, 2.75) is 18.8 Å². The van der Waals surface area contributed by atoms with Crippen LogP contribution in [0.25, 0.3) is 10.8 Å². The molecule has 4 atom stereocenters. The van der Waals surface area contributed by atoms with E-state index in [2.05, 4.69) is 15.9 Å². The molecule has 10 heteroatoms. The van der Waals surface area contributed by atoms with Gasteiger partial charge in [-0.3, -0.25) is 24.1 Å². The van der Waals surface area contributed by atoms with Crippen molar-refractivity contribution in [3.8, 4) is 5.75 Å². The lowest BCUT2D eigenvalue weighted by Crippen LogP contribution is -2.39. The minimum Gasteiger partial charge on any atom is -0.507 e. The number of amides is 2. The molecule has 1 aliphatic heterocycles. The standard InChI is InChI=1S/C32H23BBrNO7/c34-24-14-25(36)28-23(30(24)38)13-22-19(26(28)20-9-8-15-4-1-2-7-18(15)29(20)37)10-11-21-27(22)32(40)35(31(21)39)17-6-3-5-16(12-17)33(41)42/h1-10,12,14,21-22,26-27,37,41-42H,11,13H2. The van der Waals surface area contributed by atoms with Crippen molar-refractivity contribution >= 4 is 68.4 Å². The maximum Gasteiger partial charge on any atom is 0.488 e. The number of benzene rings is 3. The number of ketones is 2. The Morgan fingerprint density at radius 3 is 2.48 bits per heavy atom. The van der Waals surface area contributed by atoms with Gasteiger partial charge in [0.15, 0.2) is 11.6 Å². The van der Waals surface area contributed by atoms with Gasteiger partial charge in [0.25, 0.3) is 0 Å². The molecule has 0 saturated carbocycles. The van der Waals surface area contributed by atoms with Gasteiger partial charge in [-0.05, 0) is 57.7 Å². The van der Waals surface area contributed by atoms with E-state index in [1.807, 2.05) is 30.3 Å². The molecule has 0 bridgehead atoms. The summed E-state index contributed by atoms with van der Waals surface area (Å²) < 4.78 is 0.127. The number of aromatic hydroxyl groups is 1. The molecule has 7 rings (SSSR count). The van der Waals surface area contributed by atoms with Gasteiger partial charge in [0.2, 0.25) is 11.8 Å². The molecular formula is C32H23BBrNO7. The van der Waals surface area contributed by atoms with Gasteiger partial charge in [-0.2, -0.15) is 0 Å². The van der Waals surface area contributed by atoms with Crippen LogP contribution in [0.4, 0.5) is 5.69 Å². The van der Waals surface area contributed by atoms with Crippen molar-refractivity contribution < 1.29 is 34.3 Å². The van der Waals surface area contributed by atoms with E-state index in [9.17, 15) is 34.3 Å². The van der Waals surface area contributed by atoms with Crippen LogP contribution >= 0.6 is 15.9 Å². The first-order chi connectivity index (χ1) is 20.2. The zero-order valence-electron chi connectivity index (χ0n) is 22.0. The van der Waals surface area contributed by atoms with Crippen molar-refractivity contribution in [1.82, 2.24) is 0 Å². The van der Waals surface area contributed by atoms with Crippen LogP contribution in [0.5, 0.6) is 5.75 Å². The van der Waals surface area contributed by atoms with Gasteiger partial charge in [0, 0.05) is 34.1 Å². The van der Waals surface area contributed by atoms with E-state index in [-0.39, 0.29) is 56.9 Å². The van der Waals surface area contributed by atoms with Crippen molar-refractivity contribution in [3.63, 3.8) is 0 Å². The number of fused-ring (bicyclic) bond motifs is 4. The van der Waals surface area contributed by atoms with Crippen molar-refractivity contribution in [2.75, 3.05) is 4.90 Å². The van der Waals surface area contributed by atoms with Crippen LogP contribution in [0.3, 0.4) is 0 Å². The summed E-state index contributed by atoms with van der Waals surface area (Å²) in [6.45, 7) is 0. The Hall–Kier alpha value is -4.12. The second-order valence-electron chi connectivity index (χ2n) is 11.1. The highest BCUT2D eigenvalue weighted by atomic mass is 79.9. The van der Waals surface area contributed by atoms with Crippen molar-refractivity contribution in [1.29, 1.82) is 0 Å². The SMILES string of the molecule is O=C1C=C(Br)C(=O)C2=C1C(c1ccc3ccccc3c1O)C1=CCC3C(=O)N(c4cccc(B(O)O)c4)C(=O)C3C1C2. The van der Waals surface area contributed by atoms with Crippen LogP contribution in [-0.4, -0.2) is 45.7 Å². The van der Waals surface area contributed by atoms with E-state index in [0.29, 0.717) is 10.9 Å². The molecule has 8 nitrogen and oxygen atoms in total. The van der Waals surface area contributed by atoms with Crippen LogP contribution in [0, 0.1) is 17.8 Å². The summed E-state index contributed by atoms with van der Waals surface area (Å²) in [6, 6.07) is 16.9. The Morgan fingerprint density at radius 1 is 0.905 bits per heavy atom. The van der Waals surface area contributed by atoms with Crippen LogP contribution < -0.4 is 10.4 Å². The summed E-state index contributed by atoms with van der Waals surface area (Å²) in [6.07, 6.45) is 3.49. The van der Waals surface area contributed by atoms with E-state index < -0.39 is 42.6 Å². The van der Waals surface area contributed by atoms with Gasteiger partial charge < -0.3 is 15.2 Å². The predicted molar refractivity (Wildman–Crippen MR) is 159 cm³/mol. The Labute approximate surface area is 248 Å². The number of halogens is 1. The molecule has 4 unspecified atom stereocenters. The number of hydrogen-bond donors (Lipinski definition) is 3.